The lowest BCUT2D eigenvalue weighted by Gasteiger charge is -2.32. The molecule has 0 saturated carbocycles. The minimum Gasteiger partial charge on any atom is -0.494 e. The van der Waals surface area contributed by atoms with E-state index >= 15 is 0 Å². The third kappa shape index (κ3) is 4.82. The van der Waals surface area contributed by atoms with E-state index in [-0.39, 0.29) is 18.3 Å². The fraction of sp³-hybridized carbons (Fsp3) is 0.714. The first-order valence-electron chi connectivity index (χ1n) is 10.2. The number of ether oxygens (including phenoxy) is 1. The van der Waals surface area contributed by atoms with Gasteiger partial charge in [-0.3, -0.25) is 0 Å². The van der Waals surface area contributed by atoms with Gasteiger partial charge in [0.25, 0.3) is 0 Å². The molecule has 0 radical (unpaired) electrons. The van der Waals surface area contributed by atoms with E-state index in [0.717, 1.165) is 24.2 Å². The van der Waals surface area contributed by atoms with Gasteiger partial charge in [-0.1, -0.05) is 18.6 Å². The number of hydrogen-bond donors (Lipinski definition) is 0. The molecule has 26 heavy (non-hydrogen) atoms. The summed E-state index contributed by atoms with van der Waals surface area (Å²) in [7, 11) is -0.331. The van der Waals surface area contributed by atoms with Gasteiger partial charge in [-0.25, -0.2) is 0 Å². The molecule has 1 aromatic rings. The molecule has 0 atom stereocenters. The van der Waals surface area contributed by atoms with E-state index in [1.54, 1.807) is 0 Å². The van der Waals surface area contributed by atoms with Crippen LogP contribution < -0.4 is 10.2 Å². The first-order valence-corrected chi connectivity index (χ1v) is 10.2. The minimum absolute atomic E-state index is 0.316. The number of rotatable bonds is 7. The smallest absolute Gasteiger partial charge is 0.494 e. The third-order valence-electron chi connectivity index (χ3n) is 5.97. The highest BCUT2D eigenvalue weighted by Crippen LogP contribution is 2.36. The lowest BCUT2D eigenvalue weighted by Crippen LogP contribution is -2.41. The average molecular weight is 359 g/mol. The number of unbranched alkanes of at least 4 members (excludes halogenated alkanes) is 1. The van der Waals surface area contributed by atoms with Crippen molar-refractivity contribution in [3.63, 3.8) is 0 Å². The van der Waals surface area contributed by atoms with Gasteiger partial charge in [-0.2, -0.15) is 0 Å². The van der Waals surface area contributed by atoms with Crippen LogP contribution in [-0.4, -0.2) is 49.5 Å². The molecule has 0 aliphatic carbocycles. The van der Waals surface area contributed by atoms with Crippen molar-refractivity contribution >= 4 is 12.6 Å². The fourth-order valence-corrected chi connectivity index (χ4v) is 3.54. The van der Waals surface area contributed by atoms with Crippen LogP contribution in [0.25, 0.3) is 0 Å². The summed E-state index contributed by atoms with van der Waals surface area (Å²) in [5.41, 5.74) is 0.390. The second kappa shape index (κ2) is 8.32. The number of nitrogens with zero attached hydrogens (tertiary/aromatic N) is 1. The topological polar surface area (TPSA) is 30.9 Å². The summed E-state index contributed by atoms with van der Waals surface area (Å²) in [5, 5.41) is 0. The third-order valence-corrected chi connectivity index (χ3v) is 5.97. The second-order valence-corrected chi connectivity index (χ2v) is 8.62. The SMILES string of the molecule is CC1(C)OB(c2cccc(OCCCCN3CCCCC3)c2)OC1(C)C. The highest BCUT2D eigenvalue weighted by Gasteiger charge is 2.51. The van der Waals surface area contributed by atoms with Crippen molar-refractivity contribution in [2.75, 3.05) is 26.2 Å². The molecule has 2 saturated heterocycles. The zero-order valence-electron chi connectivity index (χ0n) is 16.9. The van der Waals surface area contributed by atoms with Crippen molar-refractivity contribution in [2.24, 2.45) is 0 Å². The van der Waals surface area contributed by atoms with Crippen LogP contribution in [0.2, 0.25) is 0 Å². The molecule has 2 fully saturated rings. The predicted octanol–water partition coefficient (Wildman–Crippen LogP) is 3.63. The van der Waals surface area contributed by atoms with E-state index < -0.39 is 0 Å². The van der Waals surface area contributed by atoms with Gasteiger partial charge in [0.2, 0.25) is 0 Å². The maximum atomic E-state index is 6.13. The van der Waals surface area contributed by atoms with Crippen LogP contribution >= 0.6 is 0 Å². The summed E-state index contributed by atoms with van der Waals surface area (Å²) in [6, 6.07) is 8.13. The summed E-state index contributed by atoms with van der Waals surface area (Å²) in [6.07, 6.45) is 6.43. The van der Waals surface area contributed by atoms with Crippen LogP contribution in [0.1, 0.15) is 59.8 Å². The lowest BCUT2D eigenvalue weighted by atomic mass is 9.79. The van der Waals surface area contributed by atoms with Gasteiger partial charge in [0, 0.05) is 0 Å². The highest BCUT2D eigenvalue weighted by atomic mass is 16.7. The van der Waals surface area contributed by atoms with Crippen molar-refractivity contribution in [2.45, 2.75) is 71.0 Å². The Bertz CT molecular complexity index is 568. The Morgan fingerprint density at radius 3 is 2.38 bits per heavy atom. The Kier molecular flexibility index (Phi) is 6.31. The number of piperidine rings is 1. The molecule has 3 rings (SSSR count). The molecule has 5 heteroatoms. The van der Waals surface area contributed by atoms with Gasteiger partial charge in [0.05, 0.1) is 17.8 Å². The van der Waals surface area contributed by atoms with Crippen LogP contribution in [0.5, 0.6) is 5.75 Å². The maximum absolute atomic E-state index is 6.13. The Morgan fingerprint density at radius 1 is 1.00 bits per heavy atom. The van der Waals surface area contributed by atoms with Gasteiger partial charge < -0.3 is 18.9 Å². The van der Waals surface area contributed by atoms with Crippen molar-refractivity contribution < 1.29 is 14.0 Å². The Labute approximate surface area is 159 Å². The maximum Gasteiger partial charge on any atom is 0.494 e. The molecular weight excluding hydrogens is 325 g/mol. The first kappa shape index (κ1) is 19.7. The zero-order valence-corrected chi connectivity index (χ0v) is 16.9. The molecule has 2 aliphatic heterocycles. The normalized spacial score (nSPS) is 22.5. The molecule has 4 nitrogen and oxygen atoms in total. The molecule has 0 spiro atoms. The van der Waals surface area contributed by atoms with Gasteiger partial charge in [0.15, 0.2) is 0 Å². The van der Waals surface area contributed by atoms with Crippen molar-refractivity contribution in [3.8, 4) is 5.75 Å². The Hall–Kier alpha value is -1.04. The van der Waals surface area contributed by atoms with E-state index in [2.05, 4.69) is 32.6 Å². The molecule has 144 valence electrons. The zero-order chi connectivity index (χ0) is 18.6. The molecular formula is C21H34BNO3. The molecule has 0 aromatic heterocycles. The van der Waals surface area contributed by atoms with Crippen LogP contribution in [0, 0.1) is 0 Å². The van der Waals surface area contributed by atoms with Crippen molar-refractivity contribution in [1.29, 1.82) is 0 Å². The van der Waals surface area contributed by atoms with Crippen LogP contribution in [0.3, 0.4) is 0 Å². The van der Waals surface area contributed by atoms with E-state index in [4.69, 9.17) is 14.0 Å². The largest absolute Gasteiger partial charge is 0.494 e. The molecule has 1 aromatic carbocycles. The van der Waals surface area contributed by atoms with Crippen LogP contribution in [0.15, 0.2) is 24.3 Å². The van der Waals surface area contributed by atoms with Crippen molar-refractivity contribution in [1.82, 2.24) is 4.90 Å². The molecule has 2 aliphatic rings. The molecule has 2 heterocycles. The summed E-state index contributed by atoms with van der Waals surface area (Å²) in [4.78, 5) is 2.59. The van der Waals surface area contributed by atoms with Gasteiger partial charge >= 0.3 is 7.12 Å². The van der Waals surface area contributed by atoms with Gasteiger partial charge in [-0.05, 0) is 90.6 Å². The standard InChI is InChI=1S/C21H34BNO3/c1-20(2)21(3,4)26-22(25-20)18-11-10-12-19(17-18)24-16-9-8-15-23-13-6-5-7-14-23/h10-12,17H,5-9,13-16H2,1-4H3. The van der Waals surface area contributed by atoms with Gasteiger partial charge in [0.1, 0.15) is 5.75 Å². The number of benzene rings is 1. The molecule has 0 N–H and O–H groups in total. The summed E-state index contributed by atoms with van der Waals surface area (Å²) in [6.45, 7) is 12.8. The highest BCUT2D eigenvalue weighted by molar-refractivity contribution is 6.62. The first-order chi connectivity index (χ1) is 12.4. The Morgan fingerprint density at radius 2 is 1.69 bits per heavy atom. The predicted molar refractivity (Wildman–Crippen MR) is 107 cm³/mol. The number of hydrogen-bond acceptors (Lipinski definition) is 4. The molecule has 0 unspecified atom stereocenters. The quantitative estimate of drug-likeness (QED) is 0.550. The van der Waals surface area contributed by atoms with Crippen LogP contribution in [-0.2, 0) is 9.31 Å². The monoisotopic (exact) mass is 359 g/mol. The van der Waals surface area contributed by atoms with E-state index in [1.807, 2.05) is 24.3 Å². The van der Waals surface area contributed by atoms with Gasteiger partial charge in [-0.15, -0.1) is 0 Å². The van der Waals surface area contributed by atoms with Crippen molar-refractivity contribution in [3.05, 3.63) is 24.3 Å². The van der Waals surface area contributed by atoms with E-state index in [9.17, 15) is 0 Å². The van der Waals surface area contributed by atoms with E-state index in [0.29, 0.717) is 0 Å². The summed E-state index contributed by atoms with van der Waals surface area (Å²) >= 11 is 0. The number of likely N-dealkylation sites (tertiary alicyclic amines) is 1. The molecule has 0 amide bonds. The average Bonchev–Trinajstić information content (AvgIpc) is 2.84. The van der Waals surface area contributed by atoms with E-state index in [1.165, 1.54) is 45.3 Å². The fourth-order valence-electron chi connectivity index (χ4n) is 3.54. The second-order valence-electron chi connectivity index (χ2n) is 8.62. The molecule has 0 bridgehead atoms. The Balaban J connectivity index is 1.44. The lowest BCUT2D eigenvalue weighted by molar-refractivity contribution is 0.00578. The summed E-state index contributed by atoms with van der Waals surface area (Å²) in [5.74, 6) is 0.898. The summed E-state index contributed by atoms with van der Waals surface area (Å²) < 4.78 is 18.2. The van der Waals surface area contributed by atoms with Crippen LogP contribution in [0.4, 0.5) is 0 Å². The minimum atomic E-state index is -0.331.